The van der Waals surface area contributed by atoms with Gasteiger partial charge >= 0.3 is 0 Å². The second-order valence-electron chi connectivity index (χ2n) is 4.17. The third-order valence-electron chi connectivity index (χ3n) is 2.96. The molecule has 1 aliphatic heterocycles. The smallest absolute Gasteiger partial charge is 0.262 e. The first-order valence-corrected chi connectivity index (χ1v) is 5.59. The molecule has 1 N–H and O–H groups in total. The molecule has 1 amide bonds. The summed E-state index contributed by atoms with van der Waals surface area (Å²) in [5.41, 5.74) is 1.87. The Kier molecular flexibility index (Phi) is 2.34. The summed E-state index contributed by atoms with van der Waals surface area (Å²) in [5.74, 6) is 0.102. The molecule has 1 aromatic heterocycles. The largest absolute Gasteiger partial charge is 0.369 e. The van der Waals surface area contributed by atoms with E-state index in [1.807, 2.05) is 6.92 Å². The molecule has 3 rings (SSSR count). The molecule has 0 radical (unpaired) electrons. The number of nitrogens with zero attached hydrogens (tertiary/aromatic N) is 3. The number of aryl methyl sites for hydroxylation is 1. The Bertz CT molecular complexity index is 610. The molecule has 0 saturated carbocycles. The zero-order valence-corrected chi connectivity index (χ0v) is 9.74. The summed E-state index contributed by atoms with van der Waals surface area (Å²) >= 11 is 0. The molecule has 1 atom stereocenters. The number of carbonyl (C=O) groups excluding carboxylic acids is 1. The van der Waals surface area contributed by atoms with Crippen LogP contribution in [0.2, 0.25) is 0 Å². The zero-order valence-electron chi connectivity index (χ0n) is 9.74. The van der Waals surface area contributed by atoms with Gasteiger partial charge in [0.25, 0.3) is 5.91 Å². The lowest BCUT2D eigenvalue weighted by atomic mass is 10.1. The van der Waals surface area contributed by atoms with Crippen molar-refractivity contribution < 1.29 is 9.90 Å². The van der Waals surface area contributed by atoms with Gasteiger partial charge in [0, 0.05) is 11.1 Å². The molecule has 1 unspecified atom stereocenters. The van der Waals surface area contributed by atoms with Crippen LogP contribution in [-0.2, 0) is 0 Å². The van der Waals surface area contributed by atoms with Crippen molar-refractivity contribution in [2.45, 2.75) is 13.2 Å². The van der Waals surface area contributed by atoms with E-state index in [-0.39, 0.29) is 5.91 Å². The van der Waals surface area contributed by atoms with E-state index in [0.29, 0.717) is 16.9 Å². The van der Waals surface area contributed by atoms with Crippen LogP contribution in [0.3, 0.4) is 0 Å². The molecule has 18 heavy (non-hydrogen) atoms. The van der Waals surface area contributed by atoms with Crippen molar-refractivity contribution in [1.29, 1.82) is 0 Å². The number of rotatable bonds is 1. The van der Waals surface area contributed by atoms with Gasteiger partial charge in [-0.05, 0) is 25.1 Å². The van der Waals surface area contributed by atoms with Crippen LogP contribution in [0.4, 0.5) is 5.82 Å². The van der Waals surface area contributed by atoms with Crippen LogP contribution in [0.1, 0.15) is 27.8 Å². The van der Waals surface area contributed by atoms with Crippen LogP contribution in [0.15, 0.2) is 36.4 Å². The number of hydrogen-bond donors (Lipinski definition) is 1. The van der Waals surface area contributed by atoms with Crippen LogP contribution in [-0.4, -0.2) is 21.2 Å². The first-order valence-electron chi connectivity index (χ1n) is 5.59. The Morgan fingerprint density at radius 3 is 2.61 bits per heavy atom. The minimum Gasteiger partial charge on any atom is -0.369 e. The Hall–Kier alpha value is -2.27. The van der Waals surface area contributed by atoms with Crippen molar-refractivity contribution in [2.24, 2.45) is 0 Å². The number of aromatic nitrogens is 2. The monoisotopic (exact) mass is 241 g/mol. The fourth-order valence-electron chi connectivity index (χ4n) is 2.05. The topological polar surface area (TPSA) is 66.3 Å². The van der Waals surface area contributed by atoms with E-state index in [0.717, 1.165) is 5.69 Å². The van der Waals surface area contributed by atoms with Crippen molar-refractivity contribution in [2.75, 3.05) is 4.90 Å². The van der Waals surface area contributed by atoms with Crippen molar-refractivity contribution in [3.8, 4) is 0 Å². The summed E-state index contributed by atoms with van der Waals surface area (Å²) in [7, 11) is 0. The predicted octanol–water partition coefficient (Wildman–Crippen LogP) is 1.44. The summed E-state index contributed by atoms with van der Waals surface area (Å²) in [5, 5.41) is 18.0. The summed E-state index contributed by atoms with van der Waals surface area (Å²) in [6, 6.07) is 10.4. The van der Waals surface area contributed by atoms with Gasteiger partial charge in [0.05, 0.1) is 5.69 Å². The number of amides is 1. The molecule has 1 aromatic carbocycles. The number of aliphatic hydroxyl groups is 1. The molecule has 5 nitrogen and oxygen atoms in total. The second kappa shape index (κ2) is 3.89. The lowest BCUT2D eigenvalue weighted by molar-refractivity contribution is 0.0933. The molecule has 1 aliphatic rings. The van der Waals surface area contributed by atoms with Gasteiger partial charge in [-0.3, -0.25) is 9.69 Å². The van der Waals surface area contributed by atoms with E-state index in [1.54, 1.807) is 36.4 Å². The molecule has 2 heterocycles. The Morgan fingerprint density at radius 1 is 1.17 bits per heavy atom. The molecule has 0 aliphatic carbocycles. The van der Waals surface area contributed by atoms with E-state index < -0.39 is 6.23 Å². The number of hydrogen-bond acceptors (Lipinski definition) is 4. The minimum absolute atomic E-state index is 0.253. The number of carbonyl (C=O) groups is 1. The maximum Gasteiger partial charge on any atom is 0.262 e. The van der Waals surface area contributed by atoms with Gasteiger partial charge < -0.3 is 5.11 Å². The molecule has 0 spiro atoms. The molecule has 0 bridgehead atoms. The van der Waals surface area contributed by atoms with Crippen LogP contribution < -0.4 is 4.90 Å². The lowest BCUT2D eigenvalue weighted by Gasteiger charge is -2.18. The zero-order chi connectivity index (χ0) is 12.7. The molecule has 5 heteroatoms. The maximum absolute atomic E-state index is 12.2. The number of fused-ring (bicyclic) bond motifs is 1. The van der Waals surface area contributed by atoms with Gasteiger partial charge in [-0.25, -0.2) is 0 Å². The van der Waals surface area contributed by atoms with Crippen LogP contribution in [0.5, 0.6) is 0 Å². The molecule has 0 fully saturated rings. The van der Waals surface area contributed by atoms with Crippen molar-refractivity contribution in [3.05, 3.63) is 53.2 Å². The summed E-state index contributed by atoms with van der Waals surface area (Å²) in [6.07, 6.45) is -0.995. The quantitative estimate of drug-likeness (QED) is 0.820. The average molecular weight is 241 g/mol. The minimum atomic E-state index is -0.995. The van der Waals surface area contributed by atoms with Crippen molar-refractivity contribution >= 4 is 11.7 Å². The first kappa shape index (κ1) is 10.9. The van der Waals surface area contributed by atoms with E-state index in [2.05, 4.69) is 10.2 Å². The molecular formula is C13H11N3O2. The SMILES string of the molecule is Cc1ccc(N2C(=O)c3ccccc3C2O)nn1. The molecule has 90 valence electrons. The Balaban J connectivity index is 2.06. The highest BCUT2D eigenvalue weighted by atomic mass is 16.3. The van der Waals surface area contributed by atoms with Gasteiger partial charge in [-0.1, -0.05) is 18.2 Å². The Morgan fingerprint density at radius 2 is 1.94 bits per heavy atom. The average Bonchev–Trinajstić information content (AvgIpc) is 2.64. The summed E-state index contributed by atoms with van der Waals surface area (Å²) < 4.78 is 0. The first-order chi connectivity index (χ1) is 8.68. The van der Waals surface area contributed by atoms with Gasteiger partial charge in [-0.2, -0.15) is 5.10 Å². The second-order valence-corrected chi connectivity index (χ2v) is 4.17. The van der Waals surface area contributed by atoms with Gasteiger partial charge in [0.1, 0.15) is 0 Å². The highest BCUT2D eigenvalue weighted by Crippen LogP contribution is 2.34. The standard InChI is InChI=1S/C13H11N3O2/c1-8-6-7-11(15-14-8)16-12(17)9-4-2-3-5-10(9)13(16)18/h2-7,12,17H,1H3. The van der Waals surface area contributed by atoms with E-state index in [9.17, 15) is 9.90 Å². The fourth-order valence-corrected chi connectivity index (χ4v) is 2.05. The predicted molar refractivity (Wildman–Crippen MR) is 65.0 cm³/mol. The molecular weight excluding hydrogens is 230 g/mol. The van der Waals surface area contributed by atoms with E-state index in [4.69, 9.17) is 0 Å². The lowest BCUT2D eigenvalue weighted by Crippen LogP contribution is -2.28. The number of anilines is 1. The van der Waals surface area contributed by atoms with Crippen molar-refractivity contribution in [3.63, 3.8) is 0 Å². The molecule has 0 saturated heterocycles. The van der Waals surface area contributed by atoms with E-state index in [1.165, 1.54) is 4.90 Å². The summed E-state index contributed by atoms with van der Waals surface area (Å²) in [4.78, 5) is 13.4. The highest BCUT2D eigenvalue weighted by molar-refractivity contribution is 6.10. The highest BCUT2D eigenvalue weighted by Gasteiger charge is 2.37. The van der Waals surface area contributed by atoms with Gasteiger partial charge in [0.15, 0.2) is 12.0 Å². The van der Waals surface area contributed by atoms with Crippen molar-refractivity contribution in [1.82, 2.24) is 10.2 Å². The third-order valence-corrected chi connectivity index (χ3v) is 2.96. The number of benzene rings is 1. The Labute approximate surface area is 104 Å². The normalized spacial score (nSPS) is 18.0. The van der Waals surface area contributed by atoms with Crippen LogP contribution in [0, 0.1) is 6.92 Å². The maximum atomic E-state index is 12.2. The number of aliphatic hydroxyl groups excluding tert-OH is 1. The molecule has 2 aromatic rings. The van der Waals surface area contributed by atoms with Crippen LogP contribution >= 0.6 is 0 Å². The van der Waals surface area contributed by atoms with E-state index >= 15 is 0 Å². The fraction of sp³-hybridized carbons (Fsp3) is 0.154. The van der Waals surface area contributed by atoms with Gasteiger partial charge in [-0.15, -0.1) is 5.10 Å². The summed E-state index contributed by atoms with van der Waals surface area (Å²) in [6.45, 7) is 1.81. The van der Waals surface area contributed by atoms with Gasteiger partial charge in [0.2, 0.25) is 0 Å². The van der Waals surface area contributed by atoms with Crippen LogP contribution in [0.25, 0.3) is 0 Å². The third kappa shape index (κ3) is 1.48.